The molecule has 0 saturated carbocycles. The van der Waals surface area contributed by atoms with Crippen LogP contribution >= 0.6 is 0 Å². The van der Waals surface area contributed by atoms with Gasteiger partial charge in [0.1, 0.15) is 5.75 Å². The van der Waals surface area contributed by atoms with E-state index in [1.54, 1.807) is 7.11 Å². The minimum Gasteiger partial charge on any atom is -0.496 e. The van der Waals surface area contributed by atoms with Crippen LogP contribution in [0.15, 0.2) is 42.5 Å². The predicted molar refractivity (Wildman–Crippen MR) is 85.3 cm³/mol. The number of hydrogen-bond acceptors (Lipinski definition) is 2. The van der Waals surface area contributed by atoms with Crippen molar-refractivity contribution in [3.8, 4) is 16.9 Å². The van der Waals surface area contributed by atoms with E-state index in [0.717, 1.165) is 24.3 Å². The summed E-state index contributed by atoms with van der Waals surface area (Å²) in [5.41, 5.74) is 10.6. The Morgan fingerprint density at radius 2 is 1.95 bits per heavy atom. The summed E-state index contributed by atoms with van der Waals surface area (Å²) in [7, 11) is 1.72. The molecule has 0 aliphatic heterocycles. The molecule has 2 aromatic rings. The van der Waals surface area contributed by atoms with Crippen molar-refractivity contribution >= 4 is 0 Å². The first-order valence-electron chi connectivity index (χ1n) is 7.10. The summed E-state index contributed by atoms with van der Waals surface area (Å²) in [5.74, 6) is 1.40. The Morgan fingerprint density at radius 3 is 2.65 bits per heavy atom. The van der Waals surface area contributed by atoms with Gasteiger partial charge in [0.05, 0.1) is 7.11 Å². The number of hydrogen-bond donors (Lipinski definition) is 1. The van der Waals surface area contributed by atoms with Crippen molar-refractivity contribution in [2.24, 2.45) is 5.73 Å². The van der Waals surface area contributed by atoms with Crippen LogP contribution in [0.2, 0.25) is 0 Å². The molecule has 20 heavy (non-hydrogen) atoms. The lowest BCUT2D eigenvalue weighted by molar-refractivity contribution is 0.416. The molecule has 2 nitrogen and oxygen atoms in total. The smallest absolute Gasteiger partial charge is 0.126 e. The van der Waals surface area contributed by atoms with Gasteiger partial charge in [0.2, 0.25) is 0 Å². The van der Waals surface area contributed by atoms with Gasteiger partial charge in [0.25, 0.3) is 0 Å². The Bertz CT molecular complexity index is 577. The lowest BCUT2D eigenvalue weighted by atomic mass is 9.93. The summed E-state index contributed by atoms with van der Waals surface area (Å²) in [5, 5.41) is 0. The van der Waals surface area contributed by atoms with Crippen LogP contribution in [0.5, 0.6) is 5.75 Å². The first-order chi connectivity index (χ1) is 9.65. The zero-order valence-electron chi connectivity index (χ0n) is 12.5. The van der Waals surface area contributed by atoms with Gasteiger partial charge in [-0.2, -0.15) is 0 Å². The Labute approximate surface area is 121 Å². The summed E-state index contributed by atoms with van der Waals surface area (Å²) in [6, 6.07) is 14.9. The van der Waals surface area contributed by atoms with E-state index in [1.807, 2.05) is 6.07 Å². The second-order valence-electron chi connectivity index (χ2n) is 5.31. The van der Waals surface area contributed by atoms with Gasteiger partial charge in [0, 0.05) is 5.56 Å². The van der Waals surface area contributed by atoms with E-state index in [1.165, 1.54) is 16.7 Å². The van der Waals surface area contributed by atoms with Crippen molar-refractivity contribution in [1.82, 2.24) is 0 Å². The van der Waals surface area contributed by atoms with E-state index >= 15 is 0 Å². The molecule has 0 aliphatic rings. The summed E-state index contributed by atoms with van der Waals surface area (Å²) in [6.07, 6.45) is 1.01. The summed E-state index contributed by atoms with van der Waals surface area (Å²) < 4.78 is 5.48. The zero-order valence-corrected chi connectivity index (χ0v) is 12.5. The van der Waals surface area contributed by atoms with Gasteiger partial charge in [-0.1, -0.05) is 42.8 Å². The average Bonchev–Trinajstić information content (AvgIpc) is 2.47. The Balaban J connectivity index is 2.43. The van der Waals surface area contributed by atoms with Crippen LogP contribution in [0.4, 0.5) is 0 Å². The molecule has 1 unspecified atom stereocenters. The molecule has 2 N–H and O–H groups in total. The first-order valence-corrected chi connectivity index (χ1v) is 7.10. The van der Waals surface area contributed by atoms with Gasteiger partial charge in [-0.15, -0.1) is 0 Å². The molecule has 0 heterocycles. The number of benzene rings is 2. The van der Waals surface area contributed by atoms with E-state index < -0.39 is 0 Å². The van der Waals surface area contributed by atoms with E-state index in [2.05, 4.69) is 50.2 Å². The molecule has 106 valence electrons. The average molecular weight is 269 g/mol. The van der Waals surface area contributed by atoms with Crippen molar-refractivity contribution in [1.29, 1.82) is 0 Å². The first kappa shape index (κ1) is 14.6. The number of rotatable bonds is 5. The van der Waals surface area contributed by atoms with Crippen molar-refractivity contribution in [3.05, 3.63) is 53.6 Å². The molecular formula is C18H23NO. The minimum absolute atomic E-state index is 0.482. The summed E-state index contributed by atoms with van der Waals surface area (Å²) >= 11 is 0. The summed E-state index contributed by atoms with van der Waals surface area (Å²) in [4.78, 5) is 0. The van der Waals surface area contributed by atoms with Crippen LogP contribution < -0.4 is 10.5 Å². The molecule has 0 bridgehead atoms. The van der Waals surface area contributed by atoms with Gasteiger partial charge in [-0.25, -0.2) is 0 Å². The molecule has 2 heteroatoms. The van der Waals surface area contributed by atoms with Gasteiger partial charge in [-0.3, -0.25) is 0 Å². The van der Waals surface area contributed by atoms with Crippen molar-refractivity contribution in [2.75, 3.05) is 13.7 Å². The van der Waals surface area contributed by atoms with Crippen LogP contribution in [0.3, 0.4) is 0 Å². The molecule has 2 rings (SSSR count). The fourth-order valence-electron chi connectivity index (χ4n) is 2.48. The van der Waals surface area contributed by atoms with Crippen LogP contribution in [-0.2, 0) is 0 Å². The Hall–Kier alpha value is -1.80. The molecule has 0 saturated heterocycles. The molecule has 1 atom stereocenters. The highest BCUT2D eigenvalue weighted by Crippen LogP contribution is 2.32. The topological polar surface area (TPSA) is 35.2 Å². The van der Waals surface area contributed by atoms with Gasteiger partial charge in [0.15, 0.2) is 0 Å². The fraction of sp³-hybridized carbons (Fsp3) is 0.333. The molecule has 2 aromatic carbocycles. The van der Waals surface area contributed by atoms with E-state index in [0.29, 0.717) is 5.92 Å². The van der Waals surface area contributed by atoms with Gasteiger partial charge in [-0.05, 0) is 49.1 Å². The molecule has 0 spiro atoms. The highest BCUT2D eigenvalue weighted by Gasteiger charge is 2.09. The Morgan fingerprint density at radius 1 is 1.15 bits per heavy atom. The van der Waals surface area contributed by atoms with Gasteiger partial charge >= 0.3 is 0 Å². The lowest BCUT2D eigenvalue weighted by Gasteiger charge is -2.14. The highest BCUT2D eigenvalue weighted by molar-refractivity contribution is 5.71. The number of methoxy groups -OCH3 is 1. The summed E-state index contributed by atoms with van der Waals surface area (Å²) in [6.45, 7) is 5.04. The second kappa shape index (κ2) is 6.58. The standard InChI is InChI=1S/C18H23NO/c1-13-7-8-18(20-3)17(11-13)16-6-4-5-15(12-16)14(2)9-10-19/h4-8,11-12,14H,9-10,19H2,1-3H3. The maximum atomic E-state index is 5.66. The maximum Gasteiger partial charge on any atom is 0.126 e. The maximum absolute atomic E-state index is 5.66. The monoisotopic (exact) mass is 269 g/mol. The third kappa shape index (κ3) is 3.20. The van der Waals surface area contributed by atoms with Crippen molar-refractivity contribution < 1.29 is 4.74 Å². The lowest BCUT2D eigenvalue weighted by Crippen LogP contribution is -2.04. The zero-order chi connectivity index (χ0) is 14.5. The molecular weight excluding hydrogens is 246 g/mol. The van der Waals surface area contributed by atoms with Crippen LogP contribution in [0.25, 0.3) is 11.1 Å². The van der Waals surface area contributed by atoms with Crippen LogP contribution in [0, 0.1) is 6.92 Å². The third-order valence-electron chi connectivity index (χ3n) is 3.72. The SMILES string of the molecule is COc1ccc(C)cc1-c1cccc(C(C)CCN)c1. The Kier molecular flexibility index (Phi) is 4.80. The predicted octanol–water partition coefficient (Wildman–Crippen LogP) is 4.12. The minimum atomic E-state index is 0.482. The second-order valence-corrected chi connectivity index (χ2v) is 5.31. The third-order valence-corrected chi connectivity index (χ3v) is 3.72. The van der Waals surface area contributed by atoms with Gasteiger partial charge < -0.3 is 10.5 Å². The van der Waals surface area contributed by atoms with Crippen LogP contribution in [0.1, 0.15) is 30.4 Å². The van der Waals surface area contributed by atoms with Crippen LogP contribution in [-0.4, -0.2) is 13.7 Å². The van der Waals surface area contributed by atoms with E-state index in [-0.39, 0.29) is 0 Å². The number of ether oxygens (including phenoxy) is 1. The van der Waals surface area contributed by atoms with E-state index in [9.17, 15) is 0 Å². The van der Waals surface area contributed by atoms with Crippen molar-refractivity contribution in [3.63, 3.8) is 0 Å². The molecule has 0 amide bonds. The molecule has 0 aromatic heterocycles. The fourth-order valence-corrected chi connectivity index (χ4v) is 2.48. The highest BCUT2D eigenvalue weighted by atomic mass is 16.5. The molecule has 0 aliphatic carbocycles. The quantitative estimate of drug-likeness (QED) is 0.886. The molecule has 0 radical (unpaired) electrons. The number of nitrogens with two attached hydrogens (primary N) is 1. The largest absolute Gasteiger partial charge is 0.496 e. The normalized spacial score (nSPS) is 12.2. The van der Waals surface area contributed by atoms with E-state index in [4.69, 9.17) is 10.5 Å². The molecule has 0 fully saturated rings. The number of aryl methyl sites for hydroxylation is 1. The van der Waals surface area contributed by atoms with Crippen molar-refractivity contribution in [2.45, 2.75) is 26.2 Å².